The van der Waals surface area contributed by atoms with Gasteiger partial charge in [0.05, 0.1) is 11.3 Å². The average Bonchev–Trinajstić information content (AvgIpc) is 3.11. The zero-order valence-corrected chi connectivity index (χ0v) is 15.4. The first-order chi connectivity index (χ1) is 12.8. The SMILES string of the molecule is Cc1c(N2CCN(c3ccc(Cl)cc3)CC2)c(C(F)(F)F)cn2ccnc12. The molecule has 1 fully saturated rings. The number of imidazole rings is 1. The van der Waals surface area contributed by atoms with Gasteiger partial charge in [0.2, 0.25) is 0 Å². The molecule has 1 saturated heterocycles. The predicted octanol–water partition coefficient (Wildman–Crippen LogP) is 4.64. The molecule has 0 spiro atoms. The van der Waals surface area contributed by atoms with E-state index in [1.54, 1.807) is 13.1 Å². The number of nitrogens with zero attached hydrogens (tertiary/aromatic N) is 4. The number of fused-ring (bicyclic) bond motifs is 1. The third-order valence-electron chi connectivity index (χ3n) is 4.98. The van der Waals surface area contributed by atoms with E-state index in [2.05, 4.69) is 9.88 Å². The van der Waals surface area contributed by atoms with Gasteiger partial charge in [0, 0.05) is 61.0 Å². The maximum atomic E-state index is 13.7. The van der Waals surface area contributed by atoms with Crippen LogP contribution in [0, 0.1) is 6.92 Å². The van der Waals surface area contributed by atoms with Crippen LogP contribution in [-0.4, -0.2) is 35.6 Å². The van der Waals surface area contributed by atoms with Gasteiger partial charge >= 0.3 is 6.18 Å². The minimum atomic E-state index is -4.42. The Morgan fingerprint density at radius 3 is 2.26 bits per heavy atom. The average molecular weight is 395 g/mol. The maximum Gasteiger partial charge on any atom is 0.419 e. The van der Waals surface area contributed by atoms with E-state index in [1.807, 2.05) is 29.2 Å². The Labute approximate surface area is 159 Å². The van der Waals surface area contributed by atoms with E-state index in [1.165, 1.54) is 10.6 Å². The first kappa shape index (κ1) is 18.0. The Hall–Kier alpha value is -2.41. The third kappa shape index (κ3) is 3.32. The maximum absolute atomic E-state index is 13.7. The molecule has 0 atom stereocenters. The van der Waals surface area contributed by atoms with Gasteiger partial charge < -0.3 is 14.2 Å². The van der Waals surface area contributed by atoms with Gasteiger partial charge in [-0.15, -0.1) is 0 Å². The van der Waals surface area contributed by atoms with E-state index >= 15 is 0 Å². The van der Waals surface area contributed by atoms with Crippen molar-refractivity contribution in [2.75, 3.05) is 36.0 Å². The second-order valence-electron chi connectivity index (χ2n) is 6.62. The number of hydrogen-bond donors (Lipinski definition) is 0. The Kier molecular flexibility index (Phi) is 4.42. The summed E-state index contributed by atoms with van der Waals surface area (Å²) in [6, 6.07) is 7.50. The zero-order chi connectivity index (χ0) is 19.2. The quantitative estimate of drug-likeness (QED) is 0.632. The summed E-state index contributed by atoms with van der Waals surface area (Å²) in [6.45, 7) is 3.99. The Morgan fingerprint density at radius 1 is 1.00 bits per heavy atom. The second-order valence-corrected chi connectivity index (χ2v) is 7.06. The molecule has 0 radical (unpaired) electrons. The fourth-order valence-corrected chi connectivity index (χ4v) is 3.80. The van der Waals surface area contributed by atoms with Gasteiger partial charge in [-0.2, -0.15) is 13.2 Å². The monoisotopic (exact) mass is 394 g/mol. The molecule has 1 aromatic carbocycles. The van der Waals surface area contributed by atoms with Crippen molar-refractivity contribution in [3.63, 3.8) is 0 Å². The number of pyridine rings is 1. The molecule has 0 aliphatic carbocycles. The molecule has 0 saturated carbocycles. The highest BCUT2D eigenvalue weighted by Gasteiger charge is 2.37. The second kappa shape index (κ2) is 6.64. The van der Waals surface area contributed by atoms with Crippen LogP contribution in [0.1, 0.15) is 11.1 Å². The van der Waals surface area contributed by atoms with Gasteiger partial charge in [-0.1, -0.05) is 11.6 Å². The van der Waals surface area contributed by atoms with E-state index in [0.717, 1.165) is 11.9 Å². The summed E-state index contributed by atoms with van der Waals surface area (Å²) < 4.78 is 42.6. The first-order valence-corrected chi connectivity index (χ1v) is 9.01. The lowest BCUT2D eigenvalue weighted by Crippen LogP contribution is -2.47. The van der Waals surface area contributed by atoms with Crippen molar-refractivity contribution in [3.8, 4) is 0 Å². The molecule has 0 N–H and O–H groups in total. The molecule has 0 amide bonds. The van der Waals surface area contributed by atoms with Gasteiger partial charge in [-0.25, -0.2) is 4.98 Å². The summed E-state index contributed by atoms with van der Waals surface area (Å²) in [4.78, 5) is 8.19. The summed E-state index contributed by atoms with van der Waals surface area (Å²) >= 11 is 5.93. The molecule has 1 aliphatic heterocycles. The molecule has 4 nitrogen and oxygen atoms in total. The molecule has 3 aromatic rings. The Morgan fingerprint density at radius 2 is 1.63 bits per heavy atom. The van der Waals surface area contributed by atoms with Crippen molar-refractivity contribution < 1.29 is 13.2 Å². The van der Waals surface area contributed by atoms with Crippen LogP contribution in [0.4, 0.5) is 24.5 Å². The summed E-state index contributed by atoms with van der Waals surface area (Å²) in [5.74, 6) is 0. The highest BCUT2D eigenvalue weighted by Crippen LogP contribution is 2.40. The molecular weight excluding hydrogens is 377 g/mol. The van der Waals surface area contributed by atoms with Gasteiger partial charge in [0.25, 0.3) is 0 Å². The van der Waals surface area contributed by atoms with Crippen molar-refractivity contribution in [1.29, 1.82) is 0 Å². The molecule has 0 unspecified atom stereocenters. The number of piperazine rings is 1. The molecule has 2 aromatic heterocycles. The van der Waals surface area contributed by atoms with Crippen LogP contribution >= 0.6 is 11.6 Å². The summed E-state index contributed by atoms with van der Waals surface area (Å²) in [6.07, 6.45) is -0.229. The smallest absolute Gasteiger partial charge is 0.368 e. The normalized spacial score (nSPS) is 15.6. The summed E-state index contributed by atoms with van der Waals surface area (Å²) in [5.41, 5.74) is 1.74. The number of halogens is 4. The van der Waals surface area contributed by atoms with Gasteiger partial charge in [0.15, 0.2) is 0 Å². The van der Waals surface area contributed by atoms with Crippen molar-refractivity contribution in [3.05, 3.63) is 59.0 Å². The van der Waals surface area contributed by atoms with E-state index in [0.29, 0.717) is 42.4 Å². The molecule has 4 rings (SSSR count). The standard InChI is InChI=1S/C19H18ClF3N4/c1-13-17(16(19(21,22)23)12-27-7-6-24-18(13)27)26-10-8-25(9-11-26)15-4-2-14(20)3-5-15/h2-7,12H,8-11H2,1H3. The lowest BCUT2D eigenvalue weighted by molar-refractivity contribution is -0.137. The fraction of sp³-hybridized carbons (Fsp3) is 0.316. The van der Waals surface area contributed by atoms with E-state index < -0.39 is 11.7 Å². The third-order valence-corrected chi connectivity index (χ3v) is 5.23. The number of aryl methyl sites for hydroxylation is 1. The van der Waals surface area contributed by atoms with Gasteiger partial charge in [-0.05, 0) is 31.2 Å². The van der Waals surface area contributed by atoms with Crippen molar-refractivity contribution in [2.24, 2.45) is 0 Å². The van der Waals surface area contributed by atoms with Crippen LogP contribution in [-0.2, 0) is 6.18 Å². The highest BCUT2D eigenvalue weighted by molar-refractivity contribution is 6.30. The lowest BCUT2D eigenvalue weighted by atomic mass is 10.1. The molecular formula is C19H18ClF3N4. The summed E-state index contributed by atoms with van der Waals surface area (Å²) in [7, 11) is 0. The minimum Gasteiger partial charge on any atom is -0.368 e. The molecule has 1 aliphatic rings. The van der Waals surface area contributed by atoms with Gasteiger partial charge in [0.1, 0.15) is 5.65 Å². The number of aromatic nitrogens is 2. The molecule has 27 heavy (non-hydrogen) atoms. The summed E-state index contributed by atoms with van der Waals surface area (Å²) in [5, 5.41) is 0.663. The van der Waals surface area contributed by atoms with Crippen LogP contribution in [0.3, 0.4) is 0 Å². The number of benzene rings is 1. The zero-order valence-electron chi connectivity index (χ0n) is 14.7. The molecule has 3 heterocycles. The van der Waals surface area contributed by atoms with Crippen LogP contribution in [0.5, 0.6) is 0 Å². The van der Waals surface area contributed by atoms with Crippen LogP contribution in [0.25, 0.3) is 5.65 Å². The van der Waals surface area contributed by atoms with Crippen molar-refractivity contribution in [1.82, 2.24) is 9.38 Å². The number of anilines is 2. The topological polar surface area (TPSA) is 23.8 Å². The largest absolute Gasteiger partial charge is 0.419 e. The molecule has 0 bridgehead atoms. The van der Waals surface area contributed by atoms with Crippen LogP contribution in [0.15, 0.2) is 42.9 Å². The van der Waals surface area contributed by atoms with Crippen molar-refractivity contribution in [2.45, 2.75) is 13.1 Å². The number of hydrogen-bond acceptors (Lipinski definition) is 3. The lowest BCUT2D eigenvalue weighted by Gasteiger charge is -2.39. The minimum absolute atomic E-state index is 0.233. The predicted molar refractivity (Wildman–Crippen MR) is 101 cm³/mol. The van der Waals surface area contributed by atoms with Crippen LogP contribution < -0.4 is 9.80 Å². The van der Waals surface area contributed by atoms with Gasteiger partial charge in [-0.3, -0.25) is 0 Å². The van der Waals surface area contributed by atoms with Crippen LogP contribution in [0.2, 0.25) is 5.02 Å². The van der Waals surface area contributed by atoms with E-state index in [4.69, 9.17) is 11.6 Å². The Bertz CT molecular complexity index is 957. The Balaban J connectivity index is 1.65. The highest BCUT2D eigenvalue weighted by atomic mass is 35.5. The fourth-order valence-electron chi connectivity index (χ4n) is 3.67. The van der Waals surface area contributed by atoms with E-state index in [-0.39, 0.29) is 5.69 Å². The molecule has 8 heteroatoms. The molecule has 142 valence electrons. The first-order valence-electron chi connectivity index (χ1n) is 8.63. The number of alkyl halides is 3. The van der Waals surface area contributed by atoms with Crippen molar-refractivity contribution >= 4 is 28.6 Å². The van der Waals surface area contributed by atoms with E-state index in [9.17, 15) is 13.2 Å². The number of rotatable bonds is 2.